The van der Waals surface area contributed by atoms with Crippen LogP contribution in [0.2, 0.25) is 0 Å². The zero-order valence-electron chi connectivity index (χ0n) is 14.3. The summed E-state index contributed by atoms with van der Waals surface area (Å²) < 4.78 is 25.7. The molecule has 7 nitrogen and oxygen atoms in total. The highest BCUT2D eigenvalue weighted by molar-refractivity contribution is 7.88. The summed E-state index contributed by atoms with van der Waals surface area (Å²) >= 11 is 0. The quantitative estimate of drug-likeness (QED) is 0.762. The van der Waals surface area contributed by atoms with Gasteiger partial charge in [-0.05, 0) is 32.6 Å². The van der Waals surface area contributed by atoms with Gasteiger partial charge in [-0.25, -0.2) is 13.1 Å². The highest BCUT2D eigenvalue weighted by Gasteiger charge is 2.59. The van der Waals surface area contributed by atoms with Crippen molar-refractivity contribution < 1.29 is 18.0 Å². The van der Waals surface area contributed by atoms with E-state index in [1.54, 1.807) is 9.80 Å². The molecule has 1 heterocycles. The van der Waals surface area contributed by atoms with Gasteiger partial charge in [-0.15, -0.1) is 0 Å². The number of fused-ring (bicyclic) bond motifs is 1. The Kier molecular flexibility index (Phi) is 5.06. The van der Waals surface area contributed by atoms with E-state index in [1.807, 2.05) is 13.8 Å². The van der Waals surface area contributed by atoms with E-state index in [2.05, 4.69) is 4.72 Å². The van der Waals surface area contributed by atoms with E-state index in [0.29, 0.717) is 39.0 Å². The Morgan fingerprint density at radius 1 is 1.30 bits per heavy atom. The van der Waals surface area contributed by atoms with Crippen LogP contribution in [-0.4, -0.2) is 68.5 Å². The van der Waals surface area contributed by atoms with Crippen LogP contribution in [0.1, 0.15) is 33.6 Å². The fraction of sp³-hybridized carbons (Fsp3) is 0.867. The largest absolute Gasteiger partial charge is 0.343 e. The Balaban J connectivity index is 2.28. The minimum absolute atomic E-state index is 0.0127. The van der Waals surface area contributed by atoms with Crippen molar-refractivity contribution in [2.24, 2.45) is 11.3 Å². The van der Waals surface area contributed by atoms with Crippen molar-refractivity contribution in [2.45, 2.75) is 39.7 Å². The summed E-state index contributed by atoms with van der Waals surface area (Å²) in [5, 5.41) is 0. The molecule has 2 amide bonds. The molecule has 1 saturated heterocycles. The summed E-state index contributed by atoms with van der Waals surface area (Å²) in [7, 11) is -3.31. The molecule has 132 valence electrons. The predicted molar refractivity (Wildman–Crippen MR) is 87.1 cm³/mol. The molecule has 2 rings (SSSR count). The standard InChI is InChI=1S/C15H27N3O4S/c1-5-17(6-2)14(20)15-8-13(16-23(4,21)22)7-12(15)9-18(10-15)11(3)19/h12-13,16H,5-10H2,1-4H3/t12-,13+,15-/m0/s1. The van der Waals surface area contributed by atoms with E-state index in [4.69, 9.17) is 0 Å². The fourth-order valence-electron chi connectivity index (χ4n) is 4.16. The number of likely N-dealkylation sites (tertiary alicyclic amines) is 1. The van der Waals surface area contributed by atoms with Gasteiger partial charge in [0.05, 0.1) is 11.7 Å². The maximum absolute atomic E-state index is 13.1. The summed E-state index contributed by atoms with van der Waals surface area (Å²) in [6.07, 6.45) is 2.20. The second-order valence-electron chi connectivity index (χ2n) is 6.76. The Morgan fingerprint density at radius 3 is 2.39 bits per heavy atom. The minimum Gasteiger partial charge on any atom is -0.343 e. The lowest BCUT2D eigenvalue weighted by Crippen LogP contribution is -2.48. The molecule has 8 heteroatoms. The number of hydrogen-bond acceptors (Lipinski definition) is 4. The van der Waals surface area contributed by atoms with Gasteiger partial charge in [0, 0.05) is 39.1 Å². The van der Waals surface area contributed by atoms with Gasteiger partial charge in [-0.3, -0.25) is 9.59 Å². The third-order valence-corrected chi connectivity index (χ3v) is 5.94. The molecule has 0 aromatic heterocycles. The van der Waals surface area contributed by atoms with Gasteiger partial charge in [0.25, 0.3) is 0 Å². The number of rotatable bonds is 5. The van der Waals surface area contributed by atoms with Gasteiger partial charge in [0.1, 0.15) is 0 Å². The molecule has 1 saturated carbocycles. The summed E-state index contributed by atoms with van der Waals surface area (Å²) in [6.45, 7) is 7.55. The van der Waals surface area contributed by atoms with Gasteiger partial charge in [0.15, 0.2) is 0 Å². The smallest absolute Gasteiger partial charge is 0.230 e. The lowest BCUT2D eigenvalue weighted by molar-refractivity contribution is -0.142. The van der Waals surface area contributed by atoms with Gasteiger partial charge >= 0.3 is 0 Å². The number of hydrogen-bond donors (Lipinski definition) is 1. The first-order valence-corrected chi connectivity index (χ1v) is 10.0. The minimum atomic E-state index is -3.31. The zero-order valence-corrected chi connectivity index (χ0v) is 15.1. The van der Waals surface area contributed by atoms with Crippen LogP contribution in [0.3, 0.4) is 0 Å². The van der Waals surface area contributed by atoms with Crippen LogP contribution in [-0.2, 0) is 19.6 Å². The highest BCUT2D eigenvalue weighted by Crippen LogP contribution is 2.50. The molecule has 0 unspecified atom stereocenters. The molecule has 0 aromatic rings. The number of amides is 2. The second-order valence-corrected chi connectivity index (χ2v) is 8.54. The topological polar surface area (TPSA) is 86.8 Å². The summed E-state index contributed by atoms with van der Waals surface area (Å²) in [5.41, 5.74) is -0.653. The van der Waals surface area contributed by atoms with Gasteiger partial charge in [-0.1, -0.05) is 0 Å². The Morgan fingerprint density at radius 2 is 1.91 bits per heavy atom. The first-order valence-electron chi connectivity index (χ1n) is 8.15. The normalized spacial score (nSPS) is 30.3. The van der Waals surface area contributed by atoms with Crippen LogP contribution in [0.15, 0.2) is 0 Å². The SMILES string of the molecule is CCN(CC)C(=O)[C@]12C[C@H](NS(C)(=O)=O)C[C@H]1CN(C(C)=O)C2. The van der Waals surface area contributed by atoms with Gasteiger partial charge in [0.2, 0.25) is 21.8 Å². The maximum Gasteiger partial charge on any atom is 0.230 e. The number of nitrogens with one attached hydrogen (secondary N) is 1. The van der Waals surface area contributed by atoms with Crippen molar-refractivity contribution in [3.05, 3.63) is 0 Å². The summed E-state index contributed by atoms with van der Waals surface area (Å²) in [4.78, 5) is 28.4. The van der Waals surface area contributed by atoms with E-state index in [0.717, 1.165) is 6.26 Å². The molecule has 0 spiro atoms. The third kappa shape index (κ3) is 3.52. The first kappa shape index (κ1) is 18.2. The molecular formula is C15H27N3O4S. The molecule has 23 heavy (non-hydrogen) atoms. The Hall–Kier alpha value is -1.15. The van der Waals surface area contributed by atoms with E-state index < -0.39 is 15.4 Å². The van der Waals surface area contributed by atoms with E-state index in [-0.39, 0.29) is 23.8 Å². The van der Waals surface area contributed by atoms with Crippen molar-refractivity contribution in [3.8, 4) is 0 Å². The monoisotopic (exact) mass is 345 g/mol. The maximum atomic E-state index is 13.1. The average Bonchev–Trinajstić information content (AvgIpc) is 2.92. The molecule has 2 aliphatic rings. The molecule has 3 atom stereocenters. The third-order valence-electron chi connectivity index (χ3n) is 5.18. The van der Waals surface area contributed by atoms with Crippen LogP contribution < -0.4 is 4.72 Å². The van der Waals surface area contributed by atoms with E-state index >= 15 is 0 Å². The zero-order chi connectivity index (χ0) is 17.4. The highest BCUT2D eigenvalue weighted by atomic mass is 32.2. The predicted octanol–water partition coefficient (Wildman–Crippen LogP) is 0.0311. The summed E-state index contributed by atoms with van der Waals surface area (Å²) in [5.74, 6) is 0.0338. The van der Waals surface area contributed by atoms with E-state index in [1.165, 1.54) is 6.92 Å². The van der Waals surface area contributed by atoms with Crippen molar-refractivity contribution in [1.29, 1.82) is 0 Å². The van der Waals surface area contributed by atoms with Crippen molar-refractivity contribution >= 4 is 21.8 Å². The van der Waals surface area contributed by atoms with Gasteiger partial charge in [-0.2, -0.15) is 0 Å². The van der Waals surface area contributed by atoms with Crippen LogP contribution >= 0.6 is 0 Å². The number of carbonyl (C=O) groups is 2. The number of carbonyl (C=O) groups excluding carboxylic acids is 2. The van der Waals surface area contributed by atoms with Crippen LogP contribution in [0.4, 0.5) is 0 Å². The average molecular weight is 345 g/mol. The molecule has 1 N–H and O–H groups in total. The van der Waals surface area contributed by atoms with Crippen molar-refractivity contribution in [3.63, 3.8) is 0 Å². The molecular weight excluding hydrogens is 318 g/mol. The molecule has 0 bridgehead atoms. The fourth-order valence-corrected chi connectivity index (χ4v) is 4.95. The number of sulfonamides is 1. The van der Waals surface area contributed by atoms with Crippen molar-refractivity contribution in [1.82, 2.24) is 14.5 Å². The molecule has 0 radical (unpaired) electrons. The molecule has 1 aliphatic carbocycles. The molecule has 2 fully saturated rings. The Bertz CT molecular complexity index is 588. The van der Waals surface area contributed by atoms with Crippen LogP contribution in [0.5, 0.6) is 0 Å². The van der Waals surface area contributed by atoms with Gasteiger partial charge < -0.3 is 9.80 Å². The molecule has 0 aromatic carbocycles. The van der Waals surface area contributed by atoms with Crippen LogP contribution in [0, 0.1) is 11.3 Å². The summed E-state index contributed by atoms with van der Waals surface area (Å²) in [6, 6.07) is -0.233. The lowest BCUT2D eigenvalue weighted by Gasteiger charge is -2.33. The lowest BCUT2D eigenvalue weighted by atomic mass is 9.79. The second kappa shape index (κ2) is 6.39. The number of nitrogens with zero attached hydrogens (tertiary/aromatic N) is 2. The van der Waals surface area contributed by atoms with Crippen molar-refractivity contribution in [2.75, 3.05) is 32.4 Å². The van der Waals surface area contributed by atoms with Crippen LogP contribution in [0.25, 0.3) is 0 Å². The molecule has 1 aliphatic heterocycles. The van der Waals surface area contributed by atoms with E-state index in [9.17, 15) is 18.0 Å². The first-order chi connectivity index (χ1) is 10.6. The Labute approximate surface area is 138 Å².